The number of aromatic amines is 1. The van der Waals surface area contributed by atoms with Crippen molar-refractivity contribution in [2.45, 2.75) is 50.9 Å². The van der Waals surface area contributed by atoms with Crippen LogP contribution in [0.5, 0.6) is 17.2 Å². The molecule has 4 N–H and O–H groups in total. The smallest absolute Gasteiger partial charge is 0.260 e. The number of pyridine rings is 1. The summed E-state index contributed by atoms with van der Waals surface area (Å²) in [5.74, 6) is -6.65. The van der Waals surface area contributed by atoms with Gasteiger partial charge in [-0.15, -0.1) is 0 Å². The predicted octanol–water partition coefficient (Wildman–Crippen LogP) is 4.35. The van der Waals surface area contributed by atoms with Gasteiger partial charge in [0.1, 0.15) is 29.3 Å². The summed E-state index contributed by atoms with van der Waals surface area (Å²) in [5.41, 5.74) is -4.71. The molecule has 1 heterocycles. The number of methoxy groups -OCH3 is 1. The molecule has 3 aliphatic rings. The fourth-order valence-electron chi connectivity index (χ4n) is 6.61. The average Bonchev–Trinajstić information content (AvgIpc) is 3.52. The number of phenolic OH excluding ortho intramolecular Hbond substituents is 3. The van der Waals surface area contributed by atoms with Crippen molar-refractivity contribution in [1.29, 1.82) is 0 Å². The molecule has 3 aliphatic carbocycles. The molecule has 2 aromatic carbocycles. The lowest BCUT2D eigenvalue weighted by molar-refractivity contribution is 0.0790. The van der Waals surface area contributed by atoms with Crippen LogP contribution in [-0.4, -0.2) is 63.4 Å². The predicted molar refractivity (Wildman–Crippen MR) is 169 cm³/mol. The maximum Gasteiger partial charge on any atom is 0.260 e. The van der Waals surface area contributed by atoms with Crippen molar-refractivity contribution in [3.8, 4) is 17.2 Å². The number of ketones is 4. The first-order valence-electron chi connectivity index (χ1n) is 14.3. The average molecular weight is 726 g/mol. The minimum Gasteiger partial charge on any atom is -0.507 e. The highest BCUT2D eigenvalue weighted by molar-refractivity contribution is 14.1. The Morgan fingerprint density at radius 1 is 0.978 bits per heavy atom. The maximum absolute atomic E-state index is 14.2. The van der Waals surface area contributed by atoms with Crippen molar-refractivity contribution in [2.75, 3.05) is 13.7 Å². The highest BCUT2D eigenvalue weighted by Gasteiger charge is 2.62. The van der Waals surface area contributed by atoms with Gasteiger partial charge in [0.25, 0.3) is 5.56 Å². The molecule has 1 aromatic heterocycles. The summed E-state index contributed by atoms with van der Waals surface area (Å²) in [6.07, 6.45) is 6.20. The van der Waals surface area contributed by atoms with Gasteiger partial charge in [-0.1, -0.05) is 24.9 Å². The Morgan fingerprint density at radius 3 is 2.33 bits per heavy atom. The zero-order valence-corrected chi connectivity index (χ0v) is 26.4. The number of unbranched alkanes of at least 4 members (excludes halogenated alkanes) is 3. The van der Waals surface area contributed by atoms with Gasteiger partial charge in [0.15, 0.2) is 23.1 Å². The Bertz CT molecular complexity index is 2010. The van der Waals surface area contributed by atoms with E-state index in [4.69, 9.17) is 9.57 Å². The number of aromatic hydroxyl groups is 3. The molecule has 0 unspecified atom stereocenters. The third-order valence-electron chi connectivity index (χ3n) is 8.72. The van der Waals surface area contributed by atoms with Crippen LogP contribution in [0.4, 0.5) is 0 Å². The number of carbonyl (C=O) groups is 4. The number of allylic oxidation sites excluding steroid dienone is 2. The normalized spacial score (nSPS) is 18.6. The number of nitrogens with one attached hydrogen (secondary N) is 1. The Kier molecular flexibility index (Phi) is 7.54. The van der Waals surface area contributed by atoms with Crippen molar-refractivity contribution < 1.29 is 44.1 Å². The Labute approximate surface area is 268 Å². The number of fused-ring (bicyclic) bond motifs is 5. The SMILES string of the molecule is CCCCCCON=Cc1cc2c(I)c3c(c(O)c2c(=O)[nH]1)[C@@]1(CC3)C(=O)c2c(O)c3c(c(O)c2C1=O)C(=O)C(OC)=CC3=O. The van der Waals surface area contributed by atoms with Gasteiger partial charge in [0.2, 0.25) is 5.78 Å². The second-order valence-corrected chi connectivity index (χ2v) is 12.2. The second kappa shape index (κ2) is 11.1. The lowest BCUT2D eigenvalue weighted by Crippen LogP contribution is -2.36. The summed E-state index contributed by atoms with van der Waals surface area (Å²) in [6.45, 7) is 2.53. The van der Waals surface area contributed by atoms with E-state index in [9.17, 15) is 39.3 Å². The third-order valence-corrected chi connectivity index (χ3v) is 9.95. The molecule has 13 heteroatoms. The number of nitrogens with zero attached hydrogens (tertiary/aromatic N) is 1. The van der Waals surface area contributed by atoms with Crippen molar-refractivity contribution >= 4 is 62.7 Å². The number of carbonyl (C=O) groups excluding carboxylic acids is 4. The van der Waals surface area contributed by atoms with Crippen molar-refractivity contribution in [3.63, 3.8) is 0 Å². The molecule has 6 rings (SSSR count). The van der Waals surface area contributed by atoms with Crippen molar-refractivity contribution in [2.24, 2.45) is 5.16 Å². The molecule has 1 spiro atoms. The summed E-state index contributed by atoms with van der Waals surface area (Å²) in [7, 11) is 1.14. The van der Waals surface area contributed by atoms with Crippen molar-refractivity contribution in [1.82, 2.24) is 4.98 Å². The number of benzene rings is 2. The van der Waals surface area contributed by atoms with Gasteiger partial charge >= 0.3 is 0 Å². The number of phenols is 3. The van der Waals surface area contributed by atoms with Crippen LogP contribution >= 0.6 is 22.6 Å². The van der Waals surface area contributed by atoms with E-state index in [-0.39, 0.29) is 23.8 Å². The number of Topliss-reactive ketones (excluding diaryl/α,β-unsaturated/α-hetero) is 3. The van der Waals surface area contributed by atoms with E-state index >= 15 is 0 Å². The number of oxime groups is 1. The van der Waals surface area contributed by atoms with E-state index < -0.39 is 79.4 Å². The minimum atomic E-state index is -2.11. The fraction of sp³-hybridized carbons (Fsp3) is 0.312. The van der Waals surface area contributed by atoms with Gasteiger partial charge < -0.3 is 29.9 Å². The van der Waals surface area contributed by atoms with E-state index in [0.29, 0.717) is 26.8 Å². The van der Waals surface area contributed by atoms with E-state index in [1.807, 2.05) is 22.6 Å². The molecule has 0 aliphatic heterocycles. The molecule has 0 bridgehead atoms. The first kappa shape index (κ1) is 30.5. The molecule has 1 atom stereocenters. The third kappa shape index (κ3) is 4.23. The Balaban J connectivity index is 1.47. The molecule has 0 amide bonds. The number of halogens is 1. The van der Waals surface area contributed by atoms with E-state index in [0.717, 1.165) is 38.9 Å². The molecule has 3 aromatic rings. The molecule has 0 radical (unpaired) electrons. The van der Waals surface area contributed by atoms with Gasteiger partial charge in [0, 0.05) is 20.6 Å². The quantitative estimate of drug-likeness (QED) is 0.0648. The van der Waals surface area contributed by atoms with E-state index in [1.165, 1.54) is 6.21 Å². The Hall–Kier alpha value is -4.53. The molecule has 232 valence electrons. The minimum absolute atomic E-state index is 0.113. The van der Waals surface area contributed by atoms with Gasteiger partial charge in [-0.2, -0.15) is 0 Å². The van der Waals surface area contributed by atoms with Crippen LogP contribution in [0.1, 0.15) is 97.3 Å². The lowest BCUT2D eigenvalue weighted by Gasteiger charge is -2.23. The van der Waals surface area contributed by atoms with Crippen LogP contribution in [-0.2, 0) is 21.4 Å². The molecular weight excluding hydrogens is 699 g/mol. The molecule has 0 fully saturated rings. The summed E-state index contributed by atoms with van der Waals surface area (Å²) in [6, 6.07) is 1.60. The molecule has 12 nitrogen and oxygen atoms in total. The summed E-state index contributed by atoms with van der Waals surface area (Å²) >= 11 is 1.99. The maximum atomic E-state index is 14.2. The summed E-state index contributed by atoms with van der Waals surface area (Å²) in [4.78, 5) is 75.4. The molecule has 0 saturated carbocycles. The van der Waals surface area contributed by atoms with Crippen LogP contribution in [0.25, 0.3) is 10.8 Å². The Morgan fingerprint density at radius 2 is 1.67 bits per heavy atom. The van der Waals surface area contributed by atoms with Gasteiger partial charge in [-0.25, -0.2) is 0 Å². The topological polar surface area (TPSA) is 193 Å². The van der Waals surface area contributed by atoms with E-state index in [2.05, 4.69) is 17.1 Å². The van der Waals surface area contributed by atoms with Crippen LogP contribution in [0.2, 0.25) is 0 Å². The monoisotopic (exact) mass is 726 g/mol. The van der Waals surface area contributed by atoms with Gasteiger partial charge in [-0.3, -0.25) is 24.0 Å². The summed E-state index contributed by atoms with van der Waals surface area (Å²) in [5, 5.41) is 38.0. The highest BCUT2D eigenvalue weighted by atomic mass is 127. The van der Waals surface area contributed by atoms with Crippen molar-refractivity contribution in [3.05, 3.63) is 70.9 Å². The lowest BCUT2D eigenvalue weighted by atomic mass is 9.76. The number of hydrogen-bond acceptors (Lipinski definition) is 11. The zero-order chi connectivity index (χ0) is 32.4. The van der Waals surface area contributed by atoms with Gasteiger partial charge in [-0.05, 0) is 59.9 Å². The highest BCUT2D eigenvalue weighted by Crippen LogP contribution is 2.58. The van der Waals surface area contributed by atoms with Crippen LogP contribution in [0, 0.1) is 3.57 Å². The van der Waals surface area contributed by atoms with Gasteiger partial charge in [0.05, 0.1) is 46.7 Å². The molecule has 0 saturated heterocycles. The summed E-state index contributed by atoms with van der Waals surface area (Å²) < 4.78 is 5.44. The fourth-order valence-corrected chi connectivity index (χ4v) is 7.58. The van der Waals surface area contributed by atoms with Crippen LogP contribution in [0.15, 0.2) is 27.9 Å². The number of rotatable bonds is 8. The first-order valence-corrected chi connectivity index (χ1v) is 15.4. The zero-order valence-electron chi connectivity index (χ0n) is 24.2. The molecular formula is C32H27IN2O10. The standard InChI is InChI=1S/C32H27IN2O10/c1-3-4-5-6-9-45-34-12-13-10-15-18(31(43)35-13)28(40)23-14(24(15)33)7-8-32(23)29(41)21-22(30(32)42)27(39)20-19(26(21)38)16(36)11-17(44-2)25(20)37/h10-12,38-40H,3-9H2,1-2H3,(H,35,43)/t32-/m0/s1. The first-order chi connectivity index (χ1) is 21.5. The second-order valence-electron chi connectivity index (χ2n) is 11.2. The number of H-pyrrole nitrogens is 1. The van der Waals surface area contributed by atoms with Crippen LogP contribution in [0.3, 0.4) is 0 Å². The van der Waals surface area contributed by atoms with E-state index in [1.54, 1.807) is 6.07 Å². The molecule has 45 heavy (non-hydrogen) atoms. The number of aromatic nitrogens is 1. The van der Waals surface area contributed by atoms with Crippen LogP contribution < -0.4 is 5.56 Å². The number of hydrogen-bond donors (Lipinski definition) is 4. The largest absolute Gasteiger partial charge is 0.507 e. The number of ether oxygens (including phenoxy) is 1.